The number of non-ortho nitro benzene ring substituents is 2. The standard InChI is InChI=1S/2C19H15F3N2O5/c2*20-19(21,22)18(26,11-29-12-25)16-10-23(9-13-4-2-1-3-5-13)17-8-14(24(27)28)6-7-15(16)17/h2*1-8,10,12,26H,9,11H2. The van der Waals surface area contributed by atoms with E-state index in [1.165, 1.54) is 9.13 Å². The molecule has 4 aromatic carbocycles. The molecular formula is C38H30F6N4O10. The number of carbonyl (C=O) groups excluding carboxylic acids is 2. The van der Waals surface area contributed by atoms with E-state index in [0.717, 1.165) is 59.9 Å². The first-order valence-electron chi connectivity index (χ1n) is 16.7. The lowest BCUT2D eigenvalue weighted by molar-refractivity contribution is -0.384. The average molecular weight is 817 g/mol. The van der Waals surface area contributed by atoms with Crippen LogP contribution in [0.5, 0.6) is 0 Å². The molecule has 2 unspecified atom stereocenters. The molecule has 0 bridgehead atoms. The van der Waals surface area contributed by atoms with E-state index in [9.17, 15) is 66.4 Å². The molecule has 6 aromatic rings. The van der Waals surface area contributed by atoms with Gasteiger partial charge in [-0.1, -0.05) is 60.7 Å². The van der Waals surface area contributed by atoms with Gasteiger partial charge in [0.05, 0.1) is 20.9 Å². The lowest BCUT2D eigenvalue weighted by atomic mass is 9.93. The van der Waals surface area contributed by atoms with E-state index in [1.54, 1.807) is 60.7 Å². The van der Waals surface area contributed by atoms with E-state index in [1.807, 2.05) is 0 Å². The molecule has 0 amide bonds. The maximum atomic E-state index is 13.7. The molecule has 304 valence electrons. The number of nitro groups is 2. The summed E-state index contributed by atoms with van der Waals surface area (Å²) >= 11 is 0. The fourth-order valence-corrected chi connectivity index (χ4v) is 6.20. The molecule has 0 fully saturated rings. The Hall–Kier alpha value is -6.80. The lowest BCUT2D eigenvalue weighted by Crippen LogP contribution is -2.46. The number of hydrogen-bond donors (Lipinski definition) is 2. The third-order valence-corrected chi connectivity index (χ3v) is 9.09. The Morgan fingerprint density at radius 3 is 1.22 bits per heavy atom. The van der Waals surface area contributed by atoms with Crippen LogP contribution in [0.15, 0.2) is 109 Å². The van der Waals surface area contributed by atoms with Crippen molar-refractivity contribution in [2.45, 2.75) is 36.6 Å². The van der Waals surface area contributed by atoms with Gasteiger partial charge in [-0.2, -0.15) is 26.3 Å². The predicted octanol–water partition coefficient (Wildman–Crippen LogP) is 7.04. The third kappa shape index (κ3) is 8.61. The van der Waals surface area contributed by atoms with Crippen LogP contribution in [-0.4, -0.2) is 67.7 Å². The van der Waals surface area contributed by atoms with E-state index in [-0.39, 0.29) is 59.2 Å². The molecule has 0 aliphatic heterocycles. The minimum Gasteiger partial charge on any atom is -0.464 e. The molecule has 0 saturated carbocycles. The first-order chi connectivity index (χ1) is 27.3. The second-order valence-electron chi connectivity index (χ2n) is 12.8. The lowest BCUT2D eigenvalue weighted by Gasteiger charge is -2.29. The highest BCUT2D eigenvalue weighted by Gasteiger charge is 2.58. The van der Waals surface area contributed by atoms with Gasteiger partial charge in [0.15, 0.2) is 0 Å². The molecule has 20 heteroatoms. The quantitative estimate of drug-likeness (QED) is 0.0499. The van der Waals surface area contributed by atoms with Crippen molar-refractivity contribution in [1.29, 1.82) is 0 Å². The summed E-state index contributed by atoms with van der Waals surface area (Å²) in [4.78, 5) is 41.8. The van der Waals surface area contributed by atoms with Crippen molar-refractivity contribution >= 4 is 46.1 Å². The van der Waals surface area contributed by atoms with Gasteiger partial charge in [0.1, 0.15) is 13.2 Å². The second kappa shape index (κ2) is 16.7. The predicted molar refractivity (Wildman–Crippen MR) is 192 cm³/mol. The fraction of sp³-hybridized carbons (Fsp3) is 0.211. The van der Waals surface area contributed by atoms with E-state index < -0.39 is 57.7 Å². The number of halogens is 6. The first-order valence-corrected chi connectivity index (χ1v) is 16.7. The van der Waals surface area contributed by atoms with Crippen LogP contribution < -0.4 is 0 Å². The van der Waals surface area contributed by atoms with Crippen LogP contribution in [0.25, 0.3) is 21.8 Å². The Kier molecular flexibility index (Phi) is 12.2. The van der Waals surface area contributed by atoms with Crippen molar-refractivity contribution in [1.82, 2.24) is 9.13 Å². The molecule has 2 heterocycles. The molecular weight excluding hydrogens is 786 g/mol. The maximum absolute atomic E-state index is 13.7. The van der Waals surface area contributed by atoms with Crippen molar-refractivity contribution < 1.29 is 65.5 Å². The van der Waals surface area contributed by atoms with Gasteiger partial charge >= 0.3 is 12.4 Å². The van der Waals surface area contributed by atoms with Gasteiger partial charge in [-0.25, -0.2) is 0 Å². The monoisotopic (exact) mass is 816 g/mol. The number of nitro benzene ring substituents is 2. The Bertz CT molecular complexity index is 2270. The SMILES string of the molecule is O=COCC(O)(c1cn(Cc2ccccc2)c2cc([N+](=O)[O-])ccc12)C(F)(F)F.O=COCC(O)(c1cn(Cc2ccccc2)c2cc([N+](=O)[O-])ccc12)C(F)(F)F. The Morgan fingerprint density at radius 1 is 0.586 bits per heavy atom. The number of nitrogens with zero attached hydrogens (tertiary/aromatic N) is 4. The van der Waals surface area contributed by atoms with Crippen LogP contribution in [0.4, 0.5) is 37.7 Å². The highest BCUT2D eigenvalue weighted by Crippen LogP contribution is 2.45. The van der Waals surface area contributed by atoms with Crippen molar-refractivity contribution in [3.63, 3.8) is 0 Å². The summed E-state index contributed by atoms with van der Waals surface area (Å²) in [5.41, 5.74) is -6.97. The van der Waals surface area contributed by atoms with Crippen LogP contribution in [-0.2, 0) is 43.4 Å². The molecule has 58 heavy (non-hydrogen) atoms. The Labute approximate surface area is 322 Å². The van der Waals surface area contributed by atoms with Gasteiger partial charge in [-0.15, -0.1) is 0 Å². The number of alkyl halides is 6. The summed E-state index contributed by atoms with van der Waals surface area (Å²) in [5.74, 6) is 0. The minimum absolute atomic E-state index is 0.0409. The number of rotatable bonds is 14. The molecule has 6 rings (SSSR count). The average Bonchev–Trinajstić information content (AvgIpc) is 3.74. The van der Waals surface area contributed by atoms with Gasteiger partial charge in [-0.05, 0) is 23.3 Å². The van der Waals surface area contributed by atoms with Crippen molar-refractivity contribution in [3.05, 3.63) is 152 Å². The van der Waals surface area contributed by atoms with Gasteiger partial charge in [0, 0.05) is 71.6 Å². The summed E-state index contributed by atoms with van der Waals surface area (Å²) in [5, 5.41) is 43.1. The Balaban J connectivity index is 0.000000221. The molecule has 0 aliphatic carbocycles. The van der Waals surface area contributed by atoms with Crippen LogP contribution in [0.2, 0.25) is 0 Å². The van der Waals surface area contributed by atoms with Gasteiger partial charge < -0.3 is 28.8 Å². The zero-order chi connectivity index (χ0) is 42.5. The summed E-state index contributed by atoms with van der Waals surface area (Å²) in [6.45, 7) is -2.85. The highest BCUT2D eigenvalue weighted by molar-refractivity contribution is 5.88. The van der Waals surface area contributed by atoms with E-state index in [0.29, 0.717) is 0 Å². The zero-order valence-corrected chi connectivity index (χ0v) is 29.6. The van der Waals surface area contributed by atoms with Gasteiger partial charge in [0.25, 0.3) is 24.3 Å². The Morgan fingerprint density at radius 2 is 0.931 bits per heavy atom. The smallest absolute Gasteiger partial charge is 0.424 e. The second-order valence-corrected chi connectivity index (χ2v) is 12.8. The van der Waals surface area contributed by atoms with Crippen LogP contribution in [0, 0.1) is 20.2 Å². The number of aliphatic hydroxyl groups is 2. The minimum atomic E-state index is -5.16. The zero-order valence-electron chi connectivity index (χ0n) is 29.6. The van der Waals surface area contributed by atoms with Gasteiger partial charge in [-0.3, -0.25) is 29.8 Å². The molecule has 14 nitrogen and oxygen atoms in total. The number of carbonyl (C=O) groups is 2. The summed E-state index contributed by atoms with van der Waals surface area (Å²) in [6, 6.07) is 24.2. The molecule has 2 atom stereocenters. The van der Waals surface area contributed by atoms with Gasteiger partial charge in [0.2, 0.25) is 11.2 Å². The van der Waals surface area contributed by atoms with Crippen molar-refractivity contribution in [2.24, 2.45) is 0 Å². The largest absolute Gasteiger partial charge is 0.464 e. The number of ether oxygens (including phenoxy) is 2. The van der Waals surface area contributed by atoms with Crippen molar-refractivity contribution in [2.75, 3.05) is 13.2 Å². The topological polar surface area (TPSA) is 189 Å². The van der Waals surface area contributed by atoms with E-state index >= 15 is 0 Å². The number of aromatic nitrogens is 2. The summed E-state index contributed by atoms with van der Waals surface area (Å²) in [6.07, 6.45) is -8.18. The molecule has 0 radical (unpaired) electrons. The number of fused-ring (bicyclic) bond motifs is 2. The van der Waals surface area contributed by atoms with E-state index in [4.69, 9.17) is 0 Å². The molecule has 2 aromatic heterocycles. The summed E-state index contributed by atoms with van der Waals surface area (Å²) < 4.78 is 93.6. The molecule has 0 aliphatic rings. The third-order valence-electron chi connectivity index (χ3n) is 9.09. The van der Waals surface area contributed by atoms with E-state index in [2.05, 4.69) is 9.47 Å². The van der Waals surface area contributed by atoms with Crippen molar-refractivity contribution in [3.8, 4) is 0 Å². The number of benzene rings is 4. The highest BCUT2D eigenvalue weighted by atomic mass is 19.4. The summed E-state index contributed by atoms with van der Waals surface area (Å²) in [7, 11) is 0. The maximum Gasteiger partial charge on any atom is 0.424 e. The normalized spacial score (nSPS) is 13.8. The molecule has 0 spiro atoms. The molecule has 2 N–H and O–H groups in total. The van der Waals surface area contributed by atoms with Crippen LogP contribution in [0.1, 0.15) is 22.3 Å². The first kappa shape index (κ1) is 42.3. The fourth-order valence-electron chi connectivity index (χ4n) is 6.20. The molecule has 0 saturated heterocycles. The van der Waals surface area contributed by atoms with Crippen LogP contribution in [0.3, 0.4) is 0 Å². The number of hydrogen-bond acceptors (Lipinski definition) is 10. The van der Waals surface area contributed by atoms with Crippen LogP contribution >= 0.6 is 0 Å².